The summed E-state index contributed by atoms with van der Waals surface area (Å²) in [6.45, 7) is 7.02. The fourth-order valence-electron chi connectivity index (χ4n) is 2.14. The van der Waals surface area contributed by atoms with Gasteiger partial charge in [-0.3, -0.25) is 4.79 Å². The second-order valence-corrected chi connectivity index (χ2v) is 6.02. The zero-order valence-corrected chi connectivity index (χ0v) is 13.2. The van der Waals surface area contributed by atoms with Crippen LogP contribution in [0.2, 0.25) is 0 Å². The van der Waals surface area contributed by atoms with E-state index >= 15 is 0 Å². The van der Waals surface area contributed by atoms with Crippen molar-refractivity contribution in [1.82, 2.24) is 4.90 Å². The first-order valence-electron chi connectivity index (χ1n) is 7.48. The summed E-state index contributed by atoms with van der Waals surface area (Å²) in [5, 5.41) is 0. The van der Waals surface area contributed by atoms with Crippen molar-refractivity contribution in [3.8, 4) is 0 Å². The Balaban J connectivity index is 2.44. The maximum atomic E-state index is 12.0. The molecule has 3 nitrogen and oxygen atoms in total. The fourth-order valence-corrected chi connectivity index (χ4v) is 2.14. The SMILES string of the molecule is CC(N)CCCC(=O)N(C)Cc1ccc(C(C)C)cc1. The average molecular weight is 276 g/mol. The Morgan fingerprint density at radius 3 is 2.30 bits per heavy atom. The van der Waals surface area contributed by atoms with Crippen molar-refractivity contribution in [3.63, 3.8) is 0 Å². The molecule has 0 aromatic heterocycles. The summed E-state index contributed by atoms with van der Waals surface area (Å²) in [4.78, 5) is 13.8. The largest absolute Gasteiger partial charge is 0.341 e. The van der Waals surface area contributed by atoms with Crippen LogP contribution in [0.4, 0.5) is 0 Å². The highest BCUT2D eigenvalue weighted by Gasteiger charge is 2.09. The van der Waals surface area contributed by atoms with Crippen molar-refractivity contribution < 1.29 is 4.79 Å². The molecular weight excluding hydrogens is 248 g/mol. The Labute approximate surface area is 123 Å². The Bertz CT molecular complexity index is 410. The third-order valence-electron chi connectivity index (χ3n) is 3.54. The van der Waals surface area contributed by atoms with E-state index in [-0.39, 0.29) is 11.9 Å². The van der Waals surface area contributed by atoms with E-state index in [9.17, 15) is 4.79 Å². The standard InChI is InChI=1S/C17H28N2O/c1-13(2)16-10-8-15(9-11-16)12-19(4)17(20)7-5-6-14(3)18/h8-11,13-14H,5-7,12,18H2,1-4H3. The van der Waals surface area contributed by atoms with Gasteiger partial charge in [0.05, 0.1) is 0 Å². The number of carbonyl (C=O) groups excluding carboxylic acids is 1. The van der Waals surface area contributed by atoms with Crippen molar-refractivity contribution in [2.75, 3.05) is 7.05 Å². The maximum Gasteiger partial charge on any atom is 0.222 e. The summed E-state index contributed by atoms with van der Waals surface area (Å²) < 4.78 is 0. The molecule has 0 aliphatic heterocycles. The lowest BCUT2D eigenvalue weighted by Gasteiger charge is -2.18. The zero-order valence-electron chi connectivity index (χ0n) is 13.2. The van der Waals surface area contributed by atoms with Crippen LogP contribution in [0, 0.1) is 0 Å². The summed E-state index contributed by atoms with van der Waals surface area (Å²) in [6.07, 6.45) is 2.36. The number of amides is 1. The van der Waals surface area contributed by atoms with Crippen LogP contribution in [-0.2, 0) is 11.3 Å². The van der Waals surface area contributed by atoms with Crippen molar-refractivity contribution in [1.29, 1.82) is 0 Å². The van der Waals surface area contributed by atoms with Gasteiger partial charge in [-0.1, -0.05) is 38.1 Å². The Kier molecular flexibility index (Phi) is 6.73. The highest BCUT2D eigenvalue weighted by molar-refractivity contribution is 5.75. The Morgan fingerprint density at radius 2 is 1.80 bits per heavy atom. The van der Waals surface area contributed by atoms with E-state index in [1.54, 1.807) is 4.90 Å². The van der Waals surface area contributed by atoms with E-state index < -0.39 is 0 Å². The first kappa shape index (κ1) is 16.7. The van der Waals surface area contributed by atoms with Crippen LogP contribution in [-0.4, -0.2) is 23.9 Å². The van der Waals surface area contributed by atoms with Gasteiger partial charge in [-0.15, -0.1) is 0 Å². The van der Waals surface area contributed by atoms with Crippen LogP contribution in [0.5, 0.6) is 0 Å². The number of carbonyl (C=O) groups is 1. The van der Waals surface area contributed by atoms with Gasteiger partial charge < -0.3 is 10.6 Å². The van der Waals surface area contributed by atoms with Crippen LogP contribution in [0.25, 0.3) is 0 Å². The number of hydrogen-bond acceptors (Lipinski definition) is 2. The molecule has 1 unspecified atom stereocenters. The van der Waals surface area contributed by atoms with Gasteiger partial charge in [0.2, 0.25) is 5.91 Å². The molecule has 1 aromatic carbocycles. The summed E-state index contributed by atoms with van der Waals surface area (Å²) in [5.74, 6) is 0.736. The molecule has 20 heavy (non-hydrogen) atoms. The monoisotopic (exact) mass is 276 g/mol. The Morgan fingerprint density at radius 1 is 1.20 bits per heavy atom. The highest BCUT2D eigenvalue weighted by atomic mass is 16.2. The molecule has 0 saturated carbocycles. The minimum Gasteiger partial charge on any atom is -0.341 e. The summed E-state index contributed by atoms with van der Waals surface area (Å²) >= 11 is 0. The van der Waals surface area contributed by atoms with Gasteiger partial charge in [-0.2, -0.15) is 0 Å². The second kappa shape index (κ2) is 8.05. The molecule has 0 fully saturated rings. The van der Waals surface area contributed by atoms with E-state index in [1.165, 1.54) is 11.1 Å². The predicted molar refractivity (Wildman–Crippen MR) is 84.5 cm³/mol. The normalized spacial score (nSPS) is 12.5. The molecule has 0 saturated heterocycles. The molecule has 1 atom stereocenters. The quantitative estimate of drug-likeness (QED) is 0.830. The third kappa shape index (κ3) is 5.74. The molecule has 1 aromatic rings. The van der Waals surface area contributed by atoms with Gasteiger partial charge in [-0.05, 0) is 36.8 Å². The second-order valence-electron chi connectivity index (χ2n) is 6.02. The van der Waals surface area contributed by atoms with E-state index in [2.05, 4.69) is 38.1 Å². The van der Waals surface area contributed by atoms with Gasteiger partial charge in [0.25, 0.3) is 0 Å². The minimum atomic E-state index is 0.177. The van der Waals surface area contributed by atoms with E-state index in [1.807, 2.05) is 14.0 Å². The number of nitrogens with two attached hydrogens (primary N) is 1. The number of nitrogens with zero attached hydrogens (tertiary/aromatic N) is 1. The Hall–Kier alpha value is -1.35. The molecule has 0 aliphatic rings. The molecular formula is C17H28N2O. The van der Waals surface area contributed by atoms with E-state index in [0.717, 1.165) is 12.8 Å². The maximum absolute atomic E-state index is 12.0. The molecule has 0 radical (unpaired) electrons. The molecule has 0 aliphatic carbocycles. The molecule has 1 amide bonds. The lowest BCUT2D eigenvalue weighted by atomic mass is 10.0. The number of benzene rings is 1. The van der Waals surface area contributed by atoms with Gasteiger partial charge in [0.1, 0.15) is 0 Å². The lowest BCUT2D eigenvalue weighted by molar-refractivity contribution is -0.130. The van der Waals surface area contributed by atoms with Crippen LogP contribution < -0.4 is 5.73 Å². The van der Waals surface area contributed by atoms with E-state index in [0.29, 0.717) is 18.9 Å². The van der Waals surface area contributed by atoms with Crippen molar-refractivity contribution in [3.05, 3.63) is 35.4 Å². The van der Waals surface area contributed by atoms with Gasteiger partial charge in [0.15, 0.2) is 0 Å². The molecule has 2 N–H and O–H groups in total. The summed E-state index contributed by atoms with van der Waals surface area (Å²) in [6, 6.07) is 8.70. The van der Waals surface area contributed by atoms with Crippen molar-refractivity contribution in [2.45, 2.75) is 58.5 Å². The summed E-state index contributed by atoms with van der Waals surface area (Å²) in [5.41, 5.74) is 8.20. The van der Waals surface area contributed by atoms with Crippen LogP contribution in [0.15, 0.2) is 24.3 Å². The smallest absolute Gasteiger partial charge is 0.222 e. The lowest BCUT2D eigenvalue weighted by Crippen LogP contribution is -2.26. The van der Waals surface area contributed by atoms with E-state index in [4.69, 9.17) is 5.73 Å². The first-order valence-corrected chi connectivity index (χ1v) is 7.48. The van der Waals surface area contributed by atoms with Gasteiger partial charge in [-0.25, -0.2) is 0 Å². The average Bonchev–Trinajstić information content (AvgIpc) is 2.38. The van der Waals surface area contributed by atoms with Crippen molar-refractivity contribution >= 4 is 5.91 Å². The molecule has 0 bridgehead atoms. The predicted octanol–water partition coefficient (Wildman–Crippen LogP) is 3.29. The fraction of sp³-hybridized carbons (Fsp3) is 0.588. The third-order valence-corrected chi connectivity index (χ3v) is 3.54. The van der Waals surface area contributed by atoms with Gasteiger partial charge in [0, 0.05) is 26.1 Å². The van der Waals surface area contributed by atoms with Gasteiger partial charge >= 0.3 is 0 Å². The molecule has 0 heterocycles. The van der Waals surface area contributed by atoms with Crippen molar-refractivity contribution in [2.24, 2.45) is 5.73 Å². The topological polar surface area (TPSA) is 46.3 Å². The number of rotatable bonds is 7. The molecule has 112 valence electrons. The molecule has 1 rings (SSSR count). The number of hydrogen-bond donors (Lipinski definition) is 1. The summed E-state index contributed by atoms with van der Waals surface area (Å²) in [7, 11) is 1.87. The van der Waals surface area contributed by atoms with Crippen LogP contribution in [0.1, 0.15) is 57.1 Å². The highest BCUT2D eigenvalue weighted by Crippen LogP contribution is 2.15. The first-order chi connectivity index (χ1) is 9.40. The molecule has 3 heteroatoms. The minimum absolute atomic E-state index is 0.177. The van der Waals surface area contributed by atoms with Crippen LogP contribution >= 0.6 is 0 Å². The zero-order chi connectivity index (χ0) is 15.1. The van der Waals surface area contributed by atoms with Crippen LogP contribution in [0.3, 0.4) is 0 Å². The molecule has 0 spiro atoms.